The molecule has 1 radical (unpaired) electrons. The third kappa shape index (κ3) is 4.84. The van der Waals surface area contributed by atoms with Gasteiger partial charge in [-0.3, -0.25) is 9.69 Å². The van der Waals surface area contributed by atoms with Gasteiger partial charge in [-0.1, -0.05) is 0 Å². The summed E-state index contributed by atoms with van der Waals surface area (Å²) in [6.07, 6.45) is 0.572. The lowest BCUT2D eigenvalue weighted by Crippen LogP contribution is -2.35. The maximum absolute atomic E-state index is 14.8. The fraction of sp³-hybridized carbons (Fsp3) is 0.333. The molecule has 3 rings (SSSR count). The van der Waals surface area contributed by atoms with E-state index in [-0.39, 0.29) is 5.56 Å². The monoisotopic (exact) mass is 371 g/mol. The second kappa shape index (κ2) is 8.97. The van der Waals surface area contributed by atoms with Crippen molar-refractivity contribution in [1.82, 2.24) is 4.90 Å². The van der Waals surface area contributed by atoms with Crippen LogP contribution in [0.1, 0.15) is 28.4 Å². The van der Waals surface area contributed by atoms with Crippen LogP contribution in [0.15, 0.2) is 36.4 Å². The van der Waals surface area contributed by atoms with Crippen LogP contribution >= 0.6 is 0 Å². The maximum Gasteiger partial charge on any atom is 0.153 e. The van der Waals surface area contributed by atoms with Gasteiger partial charge in [-0.05, 0) is 48.9 Å². The number of nitrogens with zero attached hydrogens (tertiary/aromatic N) is 1. The average molecular weight is 371 g/mol. The lowest BCUT2D eigenvalue weighted by atomic mass is 9.99. The highest BCUT2D eigenvalue weighted by atomic mass is 19.1. The van der Waals surface area contributed by atoms with Crippen molar-refractivity contribution in [2.45, 2.75) is 13.5 Å². The number of rotatable bonds is 7. The minimum Gasteiger partial charge on any atom is -0.497 e. The summed E-state index contributed by atoms with van der Waals surface area (Å²) in [6.45, 7) is 5.51. The van der Waals surface area contributed by atoms with Gasteiger partial charge in [0.15, 0.2) is 6.29 Å². The van der Waals surface area contributed by atoms with E-state index in [2.05, 4.69) is 10.2 Å². The lowest BCUT2D eigenvalue weighted by Gasteiger charge is -2.27. The summed E-state index contributed by atoms with van der Waals surface area (Å²) in [6, 6.07) is 11.5. The first-order valence-corrected chi connectivity index (χ1v) is 8.93. The smallest absolute Gasteiger partial charge is 0.153 e. The van der Waals surface area contributed by atoms with Gasteiger partial charge in [0.05, 0.1) is 31.9 Å². The van der Waals surface area contributed by atoms with E-state index in [0.717, 1.165) is 30.1 Å². The largest absolute Gasteiger partial charge is 0.497 e. The zero-order valence-corrected chi connectivity index (χ0v) is 15.6. The summed E-state index contributed by atoms with van der Waals surface area (Å²) in [7, 11) is 1.61. The highest BCUT2D eigenvalue weighted by Crippen LogP contribution is 2.26. The number of methoxy groups -OCH3 is 1. The molecule has 0 bridgehead atoms. The van der Waals surface area contributed by atoms with E-state index < -0.39 is 5.82 Å². The summed E-state index contributed by atoms with van der Waals surface area (Å²) >= 11 is 0. The quantitative estimate of drug-likeness (QED) is 0.755. The molecule has 6 heteroatoms. The van der Waals surface area contributed by atoms with E-state index in [1.807, 2.05) is 30.3 Å². The van der Waals surface area contributed by atoms with Crippen molar-refractivity contribution in [1.29, 1.82) is 0 Å². The molecular formula is C21H24FN2O3. The Labute approximate surface area is 159 Å². The Morgan fingerprint density at radius 2 is 1.96 bits per heavy atom. The summed E-state index contributed by atoms with van der Waals surface area (Å²) in [5.41, 5.74) is 2.20. The fourth-order valence-corrected chi connectivity index (χ4v) is 3.13. The summed E-state index contributed by atoms with van der Waals surface area (Å²) in [5, 5.41) is 3.20. The van der Waals surface area contributed by atoms with Gasteiger partial charge < -0.3 is 14.8 Å². The Kier molecular flexibility index (Phi) is 6.42. The predicted octanol–water partition coefficient (Wildman–Crippen LogP) is 3.49. The molecule has 143 valence electrons. The number of anilines is 1. The van der Waals surface area contributed by atoms with Gasteiger partial charge in [-0.2, -0.15) is 0 Å². The van der Waals surface area contributed by atoms with E-state index in [1.165, 1.54) is 0 Å². The molecule has 1 heterocycles. The van der Waals surface area contributed by atoms with Gasteiger partial charge in [0.25, 0.3) is 0 Å². The van der Waals surface area contributed by atoms with Crippen molar-refractivity contribution >= 4 is 12.0 Å². The molecule has 0 amide bonds. The highest BCUT2D eigenvalue weighted by molar-refractivity contribution is 5.76. The fourth-order valence-electron chi connectivity index (χ4n) is 3.13. The van der Waals surface area contributed by atoms with Gasteiger partial charge in [-0.25, -0.2) is 4.39 Å². The molecule has 1 aliphatic heterocycles. The number of halogens is 1. The van der Waals surface area contributed by atoms with Gasteiger partial charge in [0.2, 0.25) is 0 Å². The van der Waals surface area contributed by atoms with Crippen molar-refractivity contribution < 1.29 is 18.7 Å². The topological polar surface area (TPSA) is 50.8 Å². The van der Waals surface area contributed by atoms with Crippen LogP contribution in [0.25, 0.3) is 0 Å². The molecule has 5 nitrogen and oxygen atoms in total. The first kappa shape index (κ1) is 19.3. The Hall–Kier alpha value is -2.44. The zero-order valence-electron chi connectivity index (χ0n) is 15.6. The second-order valence-corrected chi connectivity index (χ2v) is 6.53. The van der Waals surface area contributed by atoms with Crippen LogP contribution in [0, 0.1) is 11.9 Å². The average Bonchev–Trinajstić information content (AvgIpc) is 2.70. The van der Waals surface area contributed by atoms with Gasteiger partial charge in [0, 0.05) is 30.9 Å². The summed E-state index contributed by atoms with van der Waals surface area (Å²) < 4.78 is 25.3. The Balaban J connectivity index is 1.80. The van der Waals surface area contributed by atoms with E-state index in [0.29, 0.717) is 37.6 Å². The standard InChI is InChI=1S/C21H24FN2O3/c1-15(23-18-3-5-19(26-2)6-4-18)20-12-16(11-17(14-25)21(20)22)13-24-7-9-27-10-8-24/h3-6,11-12,14,23H,7-10,13H2,1-2H3. The van der Waals surface area contributed by atoms with Crippen molar-refractivity contribution in [2.75, 3.05) is 38.7 Å². The number of nitrogens with one attached hydrogen (secondary N) is 1. The van der Waals surface area contributed by atoms with E-state index in [4.69, 9.17) is 9.47 Å². The molecule has 27 heavy (non-hydrogen) atoms. The summed E-state index contributed by atoms with van der Waals surface area (Å²) in [5.74, 6) is 0.245. The van der Waals surface area contributed by atoms with Crippen LogP contribution in [0.5, 0.6) is 5.75 Å². The molecule has 0 aliphatic carbocycles. The minimum atomic E-state index is -0.505. The third-order valence-electron chi connectivity index (χ3n) is 4.62. The van der Waals surface area contributed by atoms with Crippen LogP contribution in [-0.4, -0.2) is 44.6 Å². The van der Waals surface area contributed by atoms with Crippen molar-refractivity contribution in [3.05, 3.63) is 64.9 Å². The van der Waals surface area contributed by atoms with Crippen LogP contribution in [0.3, 0.4) is 0 Å². The predicted molar refractivity (Wildman–Crippen MR) is 103 cm³/mol. The lowest BCUT2D eigenvalue weighted by molar-refractivity contribution is 0.0341. The number of ether oxygens (including phenoxy) is 2. The highest BCUT2D eigenvalue weighted by Gasteiger charge is 2.19. The van der Waals surface area contributed by atoms with E-state index in [1.54, 1.807) is 20.1 Å². The maximum atomic E-state index is 14.8. The molecule has 1 saturated heterocycles. The second-order valence-electron chi connectivity index (χ2n) is 6.53. The first-order valence-electron chi connectivity index (χ1n) is 8.93. The normalized spacial score (nSPS) is 15.0. The number of hydrogen-bond acceptors (Lipinski definition) is 5. The van der Waals surface area contributed by atoms with Gasteiger partial charge in [0.1, 0.15) is 11.6 Å². The molecule has 1 fully saturated rings. The number of aldehydes is 1. The SMILES string of the molecule is COc1ccc(N[C](C)c2cc(CN3CCOCC3)cc(C=O)c2F)cc1. The first-order chi connectivity index (χ1) is 13.1. The molecule has 0 spiro atoms. The molecule has 0 aromatic heterocycles. The molecule has 0 unspecified atom stereocenters. The van der Waals surface area contributed by atoms with Crippen LogP contribution < -0.4 is 10.1 Å². The zero-order chi connectivity index (χ0) is 19.2. The molecule has 0 saturated carbocycles. The van der Waals surface area contributed by atoms with Gasteiger partial charge >= 0.3 is 0 Å². The Bertz CT molecular complexity index is 774. The molecule has 2 aromatic carbocycles. The number of carbonyl (C=O) groups excluding carboxylic acids is 1. The van der Waals surface area contributed by atoms with E-state index in [9.17, 15) is 9.18 Å². The Morgan fingerprint density at radius 1 is 1.26 bits per heavy atom. The summed E-state index contributed by atoms with van der Waals surface area (Å²) in [4.78, 5) is 13.6. The number of benzene rings is 2. The minimum absolute atomic E-state index is 0.0756. The van der Waals surface area contributed by atoms with Crippen LogP contribution in [0.2, 0.25) is 0 Å². The van der Waals surface area contributed by atoms with E-state index >= 15 is 0 Å². The molecule has 2 aromatic rings. The molecule has 1 aliphatic rings. The van der Waals surface area contributed by atoms with Crippen LogP contribution in [-0.2, 0) is 11.3 Å². The Morgan fingerprint density at radius 3 is 2.59 bits per heavy atom. The van der Waals surface area contributed by atoms with Crippen molar-refractivity contribution in [2.24, 2.45) is 0 Å². The number of carbonyl (C=O) groups is 1. The number of morpholine rings is 1. The molecule has 1 N–H and O–H groups in total. The van der Waals surface area contributed by atoms with Crippen molar-refractivity contribution in [3.8, 4) is 5.75 Å². The molecular weight excluding hydrogens is 347 g/mol. The van der Waals surface area contributed by atoms with Crippen LogP contribution in [0.4, 0.5) is 10.1 Å². The van der Waals surface area contributed by atoms with Gasteiger partial charge in [-0.15, -0.1) is 0 Å². The third-order valence-corrected chi connectivity index (χ3v) is 4.62. The number of hydrogen-bond donors (Lipinski definition) is 1. The molecule has 0 atom stereocenters. The van der Waals surface area contributed by atoms with Crippen molar-refractivity contribution in [3.63, 3.8) is 0 Å².